The molecule has 16 heavy (non-hydrogen) atoms. The van der Waals surface area contributed by atoms with E-state index in [0.29, 0.717) is 12.0 Å². The molecule has 0 heterocycles. The van der Waals surface area contributed by atoms with Crippen molar-refractivity contribution in [2.45, 2.75) is 19.3 Å². The molecule has 1 saturated carbocycles. The molecule has 1 aliphatic rings. The Balaban J connectivity index is 2.27. The molecule has 2 rings (SSSR count). The maximum absolute atomic E-state index is 11.9. The quantitative estimate of drug-likeness (QED) is 0.575. The van der Waals surface area contributed by atoms with Crippen molar-refractivity contribution in [3.8, 4) is 0 Å². The first kappa shape index (κ1) is 10.7. The normalized spacial score (nSPS) is 21.6. The van der Waals surface area contributed by atoms with Gasteiger partial charge in [0.2, 0.25) is 0 Å². The van der Waals surface area contributed by atoms with E-state index in [1.54, 1.807) is 0 Å². The summed E-state index contributed by atoms with van der Waals surface area (Å²) in [6.45, 7) is 0. The number of allylic oxidation sites excluding steroid dienone is 2. The van der Waals surface area contributed by atoms with E-state index in [1.807, 2.05) is 36.4 Å². The summed E-state index contributed by atoms with van der Waals surface area (Å²) in [5, 5.41) is 8.94. The summed E-state index contributed by atoms with van der Waals surface area (Å²) in [5.41, 5.74) is 2.34. The van der Waals surface area contributed by atoms with E-state index in [2.05, 4.69) is 0 Å². The van der Waals surface area contributed by atoms with Gasteiger partial charge in [0.1, 0.15) is 0 Å². The zero-order chi connectivity index (χ0) is 11.4. The summed E-state index contributed by atoms with van der Waals surface area (Å²) < 4.78 is 0. The van der Waals surface area contributed by atoms with Gasteiger partial charge in [-0.05, 0) is 30.9 Å². The fraction of sp³-hybridized carbons (Fsp3) is 0.214. The van der Waals surface area contributed by atoms with Crippen LogP contribution >= 0.6 is 0 Å². The minimum Gasteiger partial charge on any atom is -0.515 e. The van der Waals surface area contributed by atoms with Crippen molar-refractivity contribution in [1.82, 2.24) is 0 Å². The van der Waals surface area contributed by atoms with Crippen LogP contribution < -0.4 is 0 Å². The van der Waals surface area contributed by atoms with Crippen molar-refractivity contribution in [2.75, 3.05) is 0 Å². The third-order valence-electron chi connectivity index (χ3n) is 2.77. The van der Waals surface area contributed by atoms with Crippen molar-refractivity contribution in [1.29, 1.82) is 0 Å². The van der Waals surface area contributed by atoms with E-state index in [-0.39, 0.29) is 5.78 Å². The Bertz CT molecular complexity index is 441. The van der Waals surface area contributed by atoms with Crippen molar-refractivity contribution in [3.05, 3.63) is 53.3 Å². The van der Waals surface area contributed by atoms with Crippen LogP contribution in [0.1, 0.15) is 24.8 Å². The van der Waals surface area contributed by atoms with Gasteiger partial charge in [-0.3, -0.25) is 4.79 Å². The molecule has 0 spiro atoms. The van der Waals surface area contributed by atoms with Crippen molar-refractivity contribution < 1.29 is 9.90 Å². The van der Waals surface area contributed by atoms with E-state index >= 15 is 0 Å². The first-order chi connectivity index (χ1) is 7.81. The lowest BCUT2D eigenvalue weighted by atomic mass is 9.88. The highest BCUT2D eigenvalue weighted by atomic mass is 16.2. The van der Waals surface area contributed by atoms with Gasteiger partial charge in [0.15, 0.2) is 5.78 Å². The third-order valence-corrected chi connectivity index (χ3v) is 2.77. The molecule has 0 unspecified atom stereocenters. The fourth-order valence-electron chi connectivity index (χ4n) is 1.91. The molecule has 1 N–H and O–H groups in total. The molecular formula is C14H14O2. The Morgan fingerprint density at radius 2 is 1.75 bits per heavy atom. The Labute approximate surface area is 94.9 Å². The predicted molar refractivity (Wildman–Crippen MR) is 64.0 cm³/mol. The van der Waals surface area contributed by atoms with Gasteiger partial charge >= 0.3 is 0 Å². The highest BCUT2D eigenvalue weighted by molar-refractivity contribution is 6.11. The Morgan fingerprint density at radius 1 is 1.06 bits per heavy atom. The van der Waals surface area contributed by atoms with Gasteiger partial charge in [-0.25, -0.2) is 0 Å². The molecule has 1 aliphatic carbocycles. The average molecular weight is 214 g/mol. The maximum atomic E-state index is 11.9. The van der Waals surface area contributed by atoms with Gasteiger partial charge in [-0.1, -0.05) is 30.3 Å². The van der Waals surface area contributed by atoms with E-state index < -0.39 is 0 Å². The monoisotopic (exact) mass is 214 g/mol. The number of Topliss-reactive ketones (excluding diaryl/α,β-unsaturated/α-hetero) is 1. The summed E-state index contributed by atoms with van der Waals surface area (Å²) >= 11 is 0. The summed E-state index contributed by atoms with van der Waals surface area (Å²) in [6.07, 6.45) is 5.26. The van der Waals surface area contributed by atoms with E-state index in [0.717, 1.165) is 30.2 Å². The molecule has 2 nitrogen and oxygen atoms in total. The summed E-state index contributed by atoms with van der Waals surface area (Å²) in [4.78, 5) is 11.9. The van der Waals surface area contributed by atoms with E-state index in [1.165, 1.54) is 0 Å². The highest BCUT2D eigenvalue weighted by Gasteiger charge is 2.20. The molecule has 0 saturated heterocycles. The van der Waals surface area contributed by atoms with E-state index in [9.17, 15) is 4.79 Å². The minimum absolute atomic E-state index is 0.0161. The first-order valence-electron chi connectivity index (χ1n) is 5.45. The number of aliphatic hydroxyl groups excluding tert-OH is 1. The molecule has 0 aromatic heterocycles. The molecule has 1 aromatic carbocycles. The number of rotatable bonds is 1. The lowest BCUT2D eigenvalue weighted by Gasteiger charge is -2.15. The second kappa shape index (κ2) is 4.79. The second-order valence-corrected chi connectivity index (χ2v) is 3.92. The number of carbonyl (C=O) groups is 1. The molecule has 1 aromatic rings. The van der Waals surface area contributed by atoms with Gasteiger partial charge in [-0.2, -0.15) is 0 Å². The number of ketones is 1. The zero-order valence-electron chi connectivity index (χ0n) is 9.02. The van der Waals surface area contributed by atoms with Crippen LogP contribution in [0.3, 0.4) is 0 Å². The van der Waals surface area contributed by atoms with Gasteiger partial charge in [0.05, 0.1) is 6.26 Å². The number of hydrogen-bond acceptors (Lipinski definition) is 2. The van der Waals surface area contributed by atoms with Crippen molar-refractivity contribution in [3.63, 3.8) is 0 Å². The SMILES string of the molecule is O=C1/C(=C/O)CCC/C1=C\c1ccccc1. The second-order valence-electron chi connectivity index (χ2n) is 3.92. The molecular weight excluding hydrogens is 200 g/mol. The Hall–Kier alpha value is -1.83. The van der Waals surface area contributed by atoms with Gasteiger partial charge in [0, 0.05) is 11.1 Å². The number of hydrogen-bond donors (Lipinski definition) is 1. The third kappa shape index (κ3) is 2.22. The van der Waals surface area contributed by atoms with Crippen LogP contribution in [0.4, 0.5) is 0 Å². The lowest BCUT2D eigenvalue weighted by molar-refractivity contribution is -0.113. The van der Waals surface area contributed by atoms with Crippen LogP contribution in [-0.4, -0.2) is 10.9 Å². The molecule has 0 atom stereocenters. The van der Waals surface area contributed by atoms with Crippen LogP contribution in [0.25, 0.3) is 6.08 Å². The Morgan fingerprint density at radius 3 is 2.44 bits per heavy atom. The number of carbonyl (C=O) groups excluding carboxylic acids is 1. The number of aliphatic hydroxyl groups is 1. The maximum Gasteiger partial charge on any atom is 0.188 e. The smallest absolute Gasteiger partial charge is 0.188 e. The molecule has 0 radical (unpaired) electrons. The Kier molecular flexibility index (Phi) is 3.20. The van der Waals surface area contributed by atoms with Crippen LogP contribution in [0.5, 0.6) is 0 Å². The largest absolute Gasteiger partial charge is 0.515 e. The summed E-state index contributed by atoms with van der Waals surface area (Å²) in [7, 11) is 0. The van der Waals surface area contributed by atoms with E-state index in [4.69, 9.17) is 5.11 Å². The minimum atomic E-state index is -0.0161. The van der Waals surface area contributed by atoms with Crippen LogP contribution in [0, 0.1) is 0 Å². The van der Waals surface area contributed by atoms with Crippen LogP contribution in [0.15, 0.2) is 47.7 Å². The fourth-order valence-corrected chi connectivity index (χ4v) is 1.91. The topological polar surface area (TPSA) is 37.3 Å². The van der Waals surface area contributed by atoms with Gasteiger partial charge in [0.25, 0.3) is 0 Å². The average Bonchev–Trinajstić information content (AvgIpc) is 2.33. The molecule has 0 amide bonds. The molecule has 0 aliphatic heterocycles. The molecule has 1 fully saturated rings. The van der Waals surface area contributed by atoms with Crippen LogP contribution in [-0.2, 0) is 4.79 Å². The predicted octanol–water partition coefficient (Wildman–Crippen LogP) is 3.26. The molecule has 2 heteroatoms. The number of benzene rings is 1. The zero-order valence-corrected chi connectivity index (χ0v) is 9.02. The van der Waals surface area contributed by atoms with Crippen LogP contribution in [0.2, 0.25) is 0 Å². The molecule has 82 valence electrons. The van der Waals surface area contributed by atoms with Gasteiger partial charge in [-0.15, -0.1) is 0 Å². The summed E-state index contributed by atoms with van der Waals surface area (Å²) in [5.74, 6) is -0.0161. The highest BCUT2D eigenvalue weighted by Crippen LogP contribution is 2.25. The first-order valence-corrected chi connectivity index (χ1v) is 5.45. The summed E-state index contributed by atoms with van der Waals surface area (Å²) in [6, 6.07) is 9.78. The lowest BCUT2D eigenvalue weighted by Crippen LogP contribution is -2.12. The van der Waals surface area contributed by atoms with Gasteiger partial charge < -0.3 is 5.11 Å². The molecule has 0 bridgehead atoms. The van der Waals surface area contributed by atoms with Crippen molar-refractivity contribution >= 4 is 11.9 Å². The standard InChI is InChI=1S/C14H14O2/c15-10-13-8-4-7-12(14(13)16)9-11-5-2-1-3-6-11/h1-3,5-6,9-10,15H,4,7-8H2/b12-9+,13-10+. The van der Waals surface area contributed by atoms with Crippen molar-refractivity contribution in [2.24, 2.45) is 0 Å².